The molecular formula is C31H49N5O3. The molecule has 0 spiro atoms. The second kappa shape index (κ2) is 13.7. The molecule has 39 heavy (non-hydrogen) atoms. The zero-order valence-corrected chi connectivity index (χ0v) is 24.6. The molecule has 1 saturated carbocycles. The van der Waals surface area contributed by atoms with Gasteiger partial charge >= 0.3 is 5.97 Å². The van der Waals surface area contributed by atoms with E-state index < -0.39 is 5.97 Å². The number of unbranched alkanes of at least 4 members (excludes halogenated alkanes) is 8. The number of aromatic nitrogens is 5. The van der Waals surface area contributed by atoms with E-state index in [0.717, 1.165) is 36.4 Å². The third-order valence-corrected chi connectivity index (χ3v) is 8.52. The van der Waals surface area contributed by atoms with Crippen LogP contribution in [-0.2, 0) is 16.3 Å². The van der Waals surface area contributed by atoms with Gasteiger partial charge in [-0.15, -0.1) is 10.2 Å². The Labute approximate surface area is 233 Å². The third kappa shape index (κ3) is 7.80. The van der Waals surface area contributed by atoms with Crippen LogP contribution in [0.5, 0.6) is 0 Å². The van der Waals surface area contributed by atoms with Crippen LogP contribution in [0.2, 0.25) is 0 Å². The van der Waals surface area contributed by atoms with Crippen LogP contribution >= 0.6 is 0 Å². The van der Waals surface area contributed by atoms with Crippen molar-refractivity contribution < 1.29 is 14.6 Å². The normalized spacial score (nSPS) is 19.9. The van der Waals surface area contributed by atoms with E-state index in [1.807, 2.05) is 16.8 Å². The summed E-state index contributed by atoms with van der Waals surface area (Å²) in [6.45, 7) is 10.3. The lowest BCUT2D eigenvalue weighted by Gasteiger charge is -2.17. The number of carboxylic acids is 1. The first-order chi connectivity index (χ1) is 18.8. The van der Waals surface area contributed by atoms with Crippen molar-refractivity contribution in [1.29, 1.82) is 0 Å². The Kier molecular flexibility index (Phi) is 10.4. The highest BCUT2D eigenvalue weighted by atomic mass is 16.5. The van der Waals surface area contributed by atoms with Crippen LogP contribution in [0.25, 0.3) is 16.8 Å². The van der Waals surface area contributed by atoms with Crippen molar-refractivity contribution in [1.82, 2.24) is 24.1 Å². The quantitative estimate of drug-likeness (QED) is 0.188. The van der Waals surface area contributed by atoms with Crippen molar-refractivity contribution in [2.24, 2.45) is 17.3 Å². The summed E-state index contributed by atoms with van der Waals surface area (Å²) in [7, 11) is 0. The summed E-state index contributed by atoms with van der Waals surface area (Å²) in [5.41, 5.74) is 2.97. The molecule has 0 amide bonds. The number of hydrogen-bond acceptors (Lipinski definition) is 5. The smallest absolute Gasteiger partial charge is 0.306 e. The maximum absolute atomic E-state index is 11.7. The largest absolute Gasteiger partial charge is 0.481 e. The molecular weight excluding hydrogens is 490 g/mol. The van der Waals surface area contributed by atoms with Gasteiger partial charge in [0.1, 0.15) is 12.6 Å². The third-order valence-electron chi connectivity index (χ3n) is 8.52. The SMILES string of the molecule is CCC1CC(C(=O)O)CC1c1nnc2cnc3c(ccn3COCCCCCCCCCCCC(C)(C)C)n12. The fraction of sp³-hybridized carbons (Fsp3) is 0.742. The summed E-state index contributed by atoms with van der Waals surface area (Å²) < 4.78 is 10.1. The number of fused-ring (bicyclic) bond motifs is 3. The summed E-state index contributed by atoms with van der Waals surface area (Å²) in [6.07, 6.45) is 19.1. The lowest BCUT2D eigenvalue weighted by atomic mass is 9.89. The van der Waals surface area contributed by atoms with Crippen LogP contribution in [0.15, 0.2) is 18.5 Å². The summed E-state index contributed by atoms with van der Waals surface area (Å²) in [6, 6.07) is 2.04. The molecule has 3 unspecified atom stereocenters. The van der Waals surface area contributed by atoms with Crippen molar-refractivity contribution in [3.63, 3.8) is 0 Å². The van der Waals surface area contributed by atoms with E-state index in [2.05, 4.69) is 47.3 Å². The van der Waals surface area contributed by atoms with Gasteiger partial charge in [-0.25, -0.2) is 4.98 Å². The van der Waals surface area contributed by atoms with Crippen LogP contribution in [0.4, 0.5) is 0 Å². The monoisotopic (exact) mass is 539 g/mol. The summed E-state index contributed by atoms with van der Waals surface area (Å²) in [5.74, 6) is 0.222. The van der Waals surface area contributed by atoms with E-state index in [4.69, 9.17) is 4.74 Å². The average Bonchev–Trinajstić information content (AvgIpc) is 3.62. The minimum absolute atomic E-state index is 0.0877. The number of rotatable bonds is 16. The van der Waals surface area contributed by atoms with E-state index in [-0.39, 0.29) is 11.8 Å². The van der Waals surface area contributed by atoms with E-state index in [0.29, 0.717) is 36.6 Å². The minimum Gasteiger partial charge on any atom is -0.481 e. The molecule has 8 heteroatoms. The van der Waals surface area contributed by atoms with E-state index >= 15 is 0 Å². The summed E-state index contributed by atoms with van der Waals surface area (Å²) >= 11 is 0. The molecule has 0 radical (unpaired) electrons. The first kappa shape index (κ1) is 29.5. The molecule has 1 aliphatic carbocycles. The molecule has 0 bridgehead atoms. The van der Waals surface area contributed by atoms with Crippen LogP contribution < -0.4 is 0 Å². The van der Waals surface area contributed by atoms with Crippen molar-refractivity contribution in [2.75, 3.05) is 6.61 Å². The van der Waals surface area contributed by atoms with E-state index in [9.17, 15) is 9.90 Å². The predicted molar refractivity (Wildman–Crippen MR) is 155 cm³/mol. The van der Waals surface area contributed by atoms with Crippen LogP contribution in [-0.4, -0.2) is 41.8 Å². The Morgan fingerprint density at radius 3 is 2.38 bits per heavy atom. The molecule has 216 valence electrons. The number of carboxylic acid groups (broad SMARTS) is 1. The number of ether oxygens (including phenoxy) is 1. The van der Waals surface area contributed by atoms with Gasteiger partial charge in [0.25, 0.3) is 0 Å². The van der Waals surface area contributed by atoms with Gasteiger partial charge in [-0.05, 0) is 43.1 Å². The number of carbonyl (C=O) groups is 1. The fourth-order valence-corrected chi connectivity index (χ4v) is 6.22. The molecule has 1 N–H and O–H groups in total. The summed E-state index contributed by atoms with van der Waals surface area (Å²) in [5, 5.41) is 18.5. The van der Waals surface area contributed by atoms with Gasteiger partial charge in [0.2, 0.25) is 0 Å². The van der Waals surface area contributed by atoms with Crippen LogP contribution in [0.1, 0.15) is 123 Å². The Bertz CT molecular complexity index is 1190. The Balaban J connectivity index is 1.21. The highest BCUT2D eigenvalue weighted by Crippen LogP contribution is 2.44. The first-order valence-corrected chi connectivity index (χ1v) is 15.3. The van der Waals surface area contributed by atoms with Crippen LogP contribution in [0, 0.1) is 17.3 Å². The molecule has 0 aromatic carbocycles. The minimum atomic E-state index is -0.707. The lowest BCUT2D eigenvalue weighted by molar-refractivity contribution is -0.141. The zero-order chi connectivity index (χ0) is 27.8. The fourth-order valence-electron chi connectivity index (χ4n) is 6.22. The first-order valence-electron chi connectivity index (χ1n) is 15.3. The topological polar surface area (TPSA) is 94.5 Å². The molecule has 3 aromatic heterocycles. The maximum Gasteiger partial charge on any atom is 0.306 e. The van der Waals surface area contributed by atoms with Gasteiger partial charge < -0.3 is 14.4 Å². The zero-order valence-electron chi connectivity index (χ0n) is 24.6. The van der Waals surface area contributed by atoms with Gasteiger partial charge in [0.15, 0.2) is 11.3 Å². The molecule has 0 aliphatic heterocycles. The molecule has 4 rings (SSSR count). The Morgan fingerprint density at radius 2 is 1.72 bits per heavy atom. The molecule has 0 saturated heterocycles. The Hall–Kier alpha value is -2.48. The average molecular weight is 540 g/mol. The lowest BCUT2D eigenvalue weighted by Crippen LogP contribution is -2.11. The molecule has 3 aromatic rings. The second-order valence-electron chi connectivity index (χ2n) is 12.8. The molecule has 3 atom stereocenters. The number of hydrogen-bond donors (Lipinski definition) is 1. The number of aliphatic carboxylic acids is 1. The molecule has 8 nitrogen and oxygen atoms in total. The maximum atomic E-state index is 11.7. The van der Waals surface area contributed by atoms with Crippen molar-refractivity contribution in [2.45, 2.75) is 124 Å². The van der Waals surface area contributed by atoms with Crippen molar-refractivity contribution in [3.8, 4) is 0 Å². The van der Waals surface area contributed by atoms with Gasteiger partial charge in [0.05, 0.1) is 17.6 Å². The number of nitrogens with zero attached hydrogens (tertiary/aromatic N) is 5. The van der Waals surface area contributed by atoms with E-state index in [1.54, 1.807) is 6.20 Å². The molecule has 1 fully saturated rings. The highest BCUT2D eigenvalue weighted by molar-refractivity contribution is 5.75. The van der Waals surface area contributed by atoms with Gasteiger partial charge in [-0.2, -0.15) is 0 Å². The van der Waals surface area contributed by atoms with Gasteiger partial charge in [0, 0.05) is 18.7 Å². The van der Waals surface area contributed by atoms with E-state index in [1.165, 1.54) is 57.8 Å². The Morgan fingerprint density at radius 1 is 1.03 bits per heavy atom. The van der Waals surface area contributed by atoms with Gasteiger partial charge in [-0.3, -0.25) is 9.20 Å². The molecule has 3 heterocycles. The standard InChI is InChI=1S/C31H49N5O3/c1-5-23-19-24(30(37)38)20-25(23)28-34-33-27-21-32-29-26(36(27)28)15-17-35(29)22-39-18-14-12-10-8-6-7-9-11-13-16-31(2,3)4/h15,17,21,23-25H,5-14,16,18-20,22H2,1-4H3,(H,37,38). The van der Waals surface area contributed by atoms with Gasteiger partial charge in [-0.1, -0.05) is 85.5 Å². The van der Waals surface area contributed by atoms with Crippen LogP contribution in [0.3, 0.4) is 0 Å². The highest BCUT2D eigenvalue weighted by Gasteiger charge is 2.40. The predicted octanol–water partition coefficient (Wildman–Crippen LogP) is 7.60. The second-order valence-corrected chi connectivity index (χ2v) is 12.8. The van der Waals surface area contributed by atoms with Crippen molar-refractivity contribution in [3.05, 3.63) is 24.3 Å². The van der Waals surface area contributed by atoms with Crippen molar-refractivity contribution >= 4 is 22.8 Å². The molecule has 1 aliphatic rings. The summed E-state index contributed by atoms with van der Waals surface area (Å²) in [4.78, 5) is 16.3.